The molecular weight excluding hydrogens is 390 g/mol. The van der Waals surface area contributed by atoms with Crippen LogP contribution in [0.25, 0.3) is 0 Å². The van der Waals surface area contributed by atoms with Gasteiger partial charge >= 0.3 is 0 Å². The number of rotatable bonds is 7. The van der Waals surface area contributed by atoms with E-state index < -0.39 is 0 Å². The molecule has 0 atom stereocenters. The molecular formula is C22H30ClN3OS. The Bertz CT molecular complexity index is 757. The summed E-state index contributed by atoms with van der Waals surface area (Å²) in [6.07, 6.45) is 5.40. The standard InChI is InChI=1S/C22H30ClN3OS/c1-17-8-12-25(13-9-17)10-4-11-26(16-20-5-3-14-27-20)22(28)24-19-7-6-18(2)21(23)15-19/h3,5-7,14-15,17H,4,8-13,16H2,1-2H3,(H,24,28). The van der Waals surface area contributed by atoms with Gasteiger partial charge in [0.05, 0.1) is 12.8 Å². The van der Waals surface area contributed by atoms with E-state index in [1.807, 2.05) is 37.3 Å². The van der Waals surface area contributed by atoms with E-state index in [-0.39, 0.29) is 0 Å². The second-order valence-corrected chi connectivity index (χ2v) is 8.57. The normalized spacial score (nSPS) is 15.5. The molecule has 3 rings (SSSR count). The molecule has 0 radical (unpaired) electrons. The third kappa shape index (κ3) is 6.23. The van der Waals surface area contributed by atoms with Gasteiger partial charge in [-0.25, -0.2) is 0 Å². The number of anilines is 1. The van der Waals surface area contributed by atoms with Crippen molar-refractivity contribution in [2.75, 3.05) is 31.5 Å². The van der Waals surface area contributed by atoms with Crippen LogP contribution < -0.4 is 5.32 Å². The molecule has 4 nitrogen and oxygen atoms in total. The molecule has 0 saturated carbocycles. The first-order valence-electron chi connectivity index (χ1n) is 10.1. The van der Waals surface area contributed by atoms with Gasteiger partial charge in [-0.1, -0.05) is 24.6 Å². The van der Waals surface area contributed by atoms with Crippen LogP contribution in [0.5, 0.6) is 0 Å². The highest BCUT2D eigenvalue weighted by atomic mass is 35.5. The maximum absolute atomic E-state index is 6.25. The minimum absolute atomic E-state index is 0.662. The number of halogens is 1. The molecule has 0 aliphatic carbocycles. The largest absolute Gasteiger partial charge is 0.467 e. The Hall–Kier alpha value is -1.56. The average molecular weight is 420 g/mol. The quantitative estimate of drug-likeness (QED) is 0.593. The summed E-state index contributed by atoms with van der Waals surface area (Å²) >= 11 is 12.0. The van der Waals surface area contributed by atoms with Crippen molar-refractivity contribution in [3.8, 4) is 0 Å². The lowest BCUT2D eigenvalue weighted by molar-refractivity contribution is 0.185. The predicted octanol–water partition coefficient (Wildman–Crippen LogP) is 5.56. The molecule has 1 aromatic carbocycles. The number of thiocarbonyl (C=S) groups is 1. The van der Waals surface area contributed by atoms with Crippen molar-refractivity contribution < 1.29 is 4.42 Å². The van der Waals surface area contributed by atoms with Gasteiger partial charge in [-0.3, -0.25) is 0 Å². The van der Waals surface area contributed by atoms with Crippen LogP contribution in [-0.2, 0) is 6.54 Å². The summed E-state index contributed by atoms with van der Waals surface area (Å²) in [5.41, 5.74) is 1.97. The maximum atomic E-state index is 6.25. The van der Waals surface area contributed by atoms with Crippen LogP contribution in [0.3, 0.4) is 0 Å². The van der Waals surface area contributed by atoms with E-state index in [9.17, 15) is 0 Å². The van der Waals surface area contributed by atoms with Crippen molar-refractivity contribution in [2.45, 2.75) is 39.7 Å². The van der Waals surface area contributed by atoms with Crippen molar-refractivity contribution in [1.29, 1.82) is 0 Å². The van der Waals surface area contributed by atoms with Crippen LogP contribution in [0.4, 0.5) is 5.69 Å². The number of hydrogen-bond donors (Lipinski definition) is 1. The molecule has 1 aromatic heterocycles. The summed E-state index contributed by atoms with van der Waals surface area (Å²) in [5, 5.41) is 4.77. The lowest BCUT2D eigenvalue weighted by Crippen LogP contribution is -2.38. The zero-order chi connectivity index (χ0) is 19.9. The molecule has 1 fully saturated rings. The van der Waals surface area contributed by atoms with E-state index in [2.05, 4.69) is 22.0 Å². The van der Waals surface area contributed by atoms with Crippen LogP contribution >= 0.6 is 23.8 Å². The van der Waals surface area contributed by atoms with Gasteiger partial charge in [-0.05, 0) is 93.8 Å². The van der Waals surface area contributed by atoms with Crippen molar-refractivity contribution in [3.05, 3.63) is 52.9 Å². The lowest BCUT2D eigenvalue weighted by atomic mass is 9.99. The fourth-order valence-electron chi connectivity index (χ4n) is 3.49. The van der Waals surface area contributed by atoms with Crippen LogP contribution in [0.15, 0.2) is 41.0 Å². The number of likely N-dealkylation sites (tertiary alicyclic amines) is 1. The van der Waals surface area contributed by atoms with E-state index in [4.69, 9.17) is 28.2 Å². The van der Waals surface area contributed by atoms with Gasteiger partial charge in [0.2, 0.25) is 0 Å². The highest BCUT2D eigenvalue weighted by Gasteiger charge is 2.17. The molecule has 0 bridgehead atoms. The van der Waals surface area contributed by atoms with Gasteiger partial charge < -0.3 is 19.5 Å². The molecule has 1 aliphatic rings. The molecule has 0 spiro atoms. The summed E-state index contributed by atoms with van der Waals surface area (Å²) in [5.74, 6) is 1.78. The van der Waals surface area contributed by atoms with Gasteiger partial charge in [-0.2, -0.15) is 0 Å². The highest BCUT2D eigenvalue weighted by molar-refractivity contribution is 7.80. The molecule has 2 heterocycles. The van der Waals surface area contributed by atoms with E-state index in [1.54, 1.807) is 6.26 Å². The summed E-state index contributed by atoms with van der Waals surface area (Å²) in [4.78, 5) is 4.75. The molecule has 152 valence electrons. The van der Waals surface area contributed by atoms with E-state index in [1.165, 1.54) is 25.9 Å². The molecule has 6 heteroatoms. The number of nitrogens with one attached hydrogen (secondary N) is 1. The summed E-state index contributed by atoms with van der Waals surface area (Å²) in [7, 11) is 0. The van der Waals surface area contributed by atoms with E-state index >= 15 is 0 Å². The van der Waals surface area contributed by atoms with Crippen molar-refractivity contribution >= 4 is 34.6 Å². The zero-order valence-corrected chi connectivity index (χ0v) is 18.4. The molecule has 2 aromatic rings. The average Bonchev–Trinajstić information content (AvgIpc) is 3.18. The second-order valence-electron chi connectivity index (χ2n) is 7.77. The van der Waals surface area contributed by atoms with E-state index in [0.29, 0.717) is 11.7 Å². The number of aryl methyl sites for hydroxylation is 1. The first-order valence-corrected chi connectivity index (χ1v) is 10.9. The first kappa shape index (κ1) is 21.2. The third-order valence-electron chi connectivity index (χ3n) is 5.42. The molecule has 1 N–H and O–H groups in total. The minimum atomic E-state index is 0.662. The summed E-state index contributed by atoms with van der Waals surface area (Å²) in [6, 6.07) is 9.83. The van der Waals surface area contributed by atoms with Gasteiger partial charge in [0, 0.05) is 17.3 Å². The SMILES string of the molecule is Cc1ccc(NC(=S)N(CCCN2CCC(C)CC2)Cc2ccco2)cc1Cl. The first-order chi connectivity index (χ1) is 13.5. The second kappa shape index (κ2) is 10.3. The fourth-order valence-corrected chi connectivity index (χ4v) is 3.94. The van der Waals surface area contributed by atoms with Crippen LogP contribution in [-0.4, -0.2) is 41.1 Å². The molecule has 28 heavy (non-hydrogen) atoms. The number of benzene rings is 1. The monoisotopic (exact) mass is 419 g/mol. The van der Waals surface area contributed by atoms with Gasteiger partial charge in [0.15, 0.2) is 5.11 Å². The number of hydrogen-bond acceptors (Lipinski definition) is 3. The van der Waals surface area contributed by atoms with Gasteiger partial charge in [-0.15, -0.1) is 0 Å². The Morgan fingerprint density at radius 2 is 2.11 bits per heavy atom. The van der Waals surface area contributed by atoms with E-state index in [0.717, 1.165) is 47.5 Å². The van der Waals surface area contributed by atoms with Crippen molar-refractivity contribution in [2.24, 2.45) is 5.92 Å². The Labute approximate surface area is 178 Å². The summed E-state index contributed by atoms with van der Waals surface area (Å²) in [6.45, 7) is 9.43. The number of nitrogens with zero attached hydrogens (tertiary/aromatic N) is 2. The van der Waals surface area contributed by atoms with Crippen LogP contribution in [0.2, 0.25) is 5.02 Å². The molecule has 0 amide bonds. The van der Waals surface area contributed by atoms with Crippen molar-refractivity contribution in [1.82, 2.24) is 9.80 Å². The Morgan fingerprint density at radius 3 is 2.79 bits per heavy atom. The van der Waals surface area contributed by atoms with Crippen molar-refractivity contribution in [3.63, 3.8) is 0 Å². The van der Waals surface area contributed by atoms with Gasteiger partial charge in [0.25, 0.3) is 0 Å². The smallest absolute Gasteiger partial charge is 0.173 e. The highest BCUT2D eigenvalue weighted by Crippen LogP contribution is 2.21. The maximum Gasteiger partial charge on any atom is 0.173 e. The topological polar surface area (TPSA) is 31.6 Å². The third-order valence-corrected chi connectivity index (χ3v) is 6.18. The summed E-state index contributed by atoms with van der Waals surface area (Å²) < 4.78 is 5.55. The Kier molecular flexibility index (Phi) is 7.77. The lowest BCUT2D eigenvalue weighted by Gasteiger charge is -2.31. The predicted molar refractivity (Wildman–Crippen MR) is 121 cm³/mol. The Balaban J connectivity index is 1.57. The van der Waals surface area contributed by atoms with Crippen LogP contribution in [0, 0.1) is 12.8 Å². The zero-order valence-electron chi connectivity index (χ0n) is 16.8. The number of furan rings is 1. The molecule has 0 unspecified atom stereocenters. The minimum Gasteiger partial charge on any atom is -0.467 e. The van der Waals surface area contributed by atoms with Gasteiger partial charge in [0.1, 0.15) is 5.76 Å². The van der Waals surface area contributed by atoms with Crippen LogP contribution in [0.1, 0.15) is 37.5 Å². The Morgan fingerprint density at radius 1 is 1.32 bits per heavy atom. The molecule has 1 saturated heterocycles. The molecule has 1 aliphatic heterocycles. The fraction of sp³-hybridized carbons (Fsp3) is 0.500. The number of piperidine rings is 1.